The van der Waals surface area contributed by atoms with Crippen LogP contribution in [0.5, 0.6) is 0 Å². The molecule has 1 aromatic carbocycles. The Morgan fingerprint density at radius 2 is 2.00 bits per heavy atom. The number of benzene rings is 1. The smallest absolute Gasteiger partial charge is 0.251 e. The van der Waals surface area contributed by atoms with Crippen molar-refractivity contribution in [2.75, 3.05) is 6.54 Å². The minimum atomic E-state index is 0.0450. The van der Waals surface area contributed by atoms with Crippen molar-refractivity contribution in [2.45, 2.75) is 71.1 Å². The van der Waals surface area contributed by atoms with Crippen molar-refractivity contribution >= 4 is 16.9 Å². The maximum Gasteiger partial charge on any atom is 0.251 e. The summed E-state index contributed by atoms with van der Waals surface area (Å²) in [6, 6.07) is 6.84. The average molecular weight is 340 g/mol. The Labute approximate surface area is 149 Å². The van der Waals surface area contributed by atoms with Gasteiger partial charge < -0.3 is 9.88 Å². The van der Waals surface area contributed by atoms with Crippen LogP contribution in [0.2, 0.25) is 0 Å². The highest BCUT2D eigenvalue weighted by Crippen LogP contribution is 2.23. The summed E-state index contributed by atoms with van der Waals surface area (Å²) < 4.78 is 2.30. The van der Waals surface area contributed by atoms with Gasteiger partial charge in [0, 0.05) is 30.7 Å². The van der Waals surface area contributed by atoms with Crippen molar-refractivity contribution in [1.29, 1.82) is 0 Å². The highest BCUT2D eigenvalue weighted by atomic mass is 16.1. The lowest BCUT2D eigenvalue weighted by Crippen LogP contribution is -2.38. The van der Waals surface area contributed by atoms with E-state index in [0.29, 0.717) is 12.1 Å². The van der Waals surface area contributed by atoms with Gasteiger partial charge in [-0.2, -0.15) is 0 Å². The summed E-state index contributed by atoms with van der Waals surface area (Å²) in [5.41, 5.74) is 2.82. The molecule has 0 bridgehead atoms. The Balaban J connectivity index is 1.55. The quantitative estimate of drug-likeness (QED) is 0.932. The minimum absolute atomic E-state index is 0.0450. The summed E-state index contributed by atoms with van der Waals surface area (Å²) in [5.74, 6) is 1.16. The van der Waals surface area contributed by atoms with E-state index in [1.54, 1.807) is 0 Å². The van der Waals surface area contributed by atoms with Gasteiger partial charge in [0.05, 0.1) is 17.6 Å². The summed E-state index contributed by atoms with van der Waals surface area (Å²) in [7, 11) is 0. The second-order valence-electron chi connectivity index (χ2n) is 7.76. The molecule has 1 N–H and O–H groups in total. The molecule has 1 fully saturated rings. The summed E-state index contributed by atoms with van der Waals surface area (Å²) in [5, 5.41) is 3.20. The fourth-order valence-corrected chi connectivity index (χ4v) is 4.14. The molecule has 1 aliphatic heterocycles. The lowest BCUT2D eigenvalue weighted by molar-refractivity contribution is 0.0928. The average Bonchev–Trinajstić information content (AvgIpc) is 2.99. The van der Waals surface area contributed by atoms with Crippen LogP contribution in [0.25, 0.3) is 11.0 Å². The second kappa shape index (κ2) is 6.79. The van der Waals surface area contributed by atoms with E-state index in [0.717, 1.165) is 54.9 Å². The van der Waals surface area contributed by atoms with Crippen molar-refractivity contribution in [2.24, 2.45) is 0 Å². The molecule has 1 aromatic heterocycles. The number of rotatable bonds is 3. The van der Waals surface area contributed by atoms with Crippen LogP contribution in [0.1, 0.15) is 62.1 Å². The first-order valence-corrected chi connectivity index (χ1v) is 9.66. The van der Waals surface area contributed by atoms with Crippen molar-refractivity contribution in [1.82, 2.24) is 19.8 Å². The first-order valence-electron chi connectivity index (χ1n) is 9.66. The normalized spacial score (nSPS) is 19.3. The molecule has 5 nitrogen and oxygen atoms in total. The van der Waals surface area contributed by atoms with Gasteiger partial charge in [-0.1, -0.05) is 19.3 Å². The van der Waals surface area contributed by atoms with E-state index in [1.165, 1.54) is 19.3 Å². The third kappa shape index (κ3) is 3.30. The maximum absolute atomic E-state index is 12.6. The van der Waals surface area contributed by atoms with E-state index in [1.807, 2.05) is 12.1 Å². The van der Waals surface area contributed by atoms with E-state index in [-0.39, 0.29) is 5.91 Å². The molecule has 4 rings (SSSR count). The van der Waals surface area contributed by atoms with Crippen molar-refractivity contribution in [3.63, 3.8) is 0 Å². The Kier molecular flexibility index (Phi) is 4.50. The maximum atomic E-state index is 12.6. The lowest BCUT2D eigenvalue weighted by Gasteiger charge is -2.30. The van der Waals surface area contributed by atoms with Gasteiger partial charge in [-0.05, 0) is 44.9 Å². The Morgan fingerprint density at radius 3 is 2.76 bits per heavy atom. The number of nitrogens with zero attached hydrogens (tertiary/aromatic N) is 3. The van der Waals surface area contributed by atoms with Crippen LogP contribution >= 0.6 is 0 Å². The van der Waals surface area contributed by atoms with E-state index < -0.39 is 0 Å². The molecular weight excluding hydrogens is 312 g/mol. The molecule has 0 unspecified atom stereocenters. The number of carbonyl (C=O) groups excluding carboxylic acids is 1. The fourth-order valence-electron chi connectivity index (χ4n) is 4.14. The zero-order chi connectivity index (χ0) is 17.4. The Morgan fingerprint density at radius 1 is 1.20 bits per heavy atom. The molecule has 5 heteroatoms. The topological polar surface area (TPSA) is 50.2 Å². The number of hydrogen-bond donors (Lipinski definition) is 1. The number of carbonyl (C=O) groups is 1. The van der Waals surface area contributed by atoms with Gasteiger partial charge in [-0.15, -0.1) is 0 Å². The predicted octanol–water partition coefficient (Wildman–Crippen LogP) is 3.32. The summed E-state index contributed by atoms with van der Waals surface area (Å²) in [4.78, 5) is 19.8. The summed E-state index contributed by atoms with van der Waals surface area (Å²) >= 11 is 0. The van der Waals surface area contributed by atoms with Gasteiger partial charge in [-0.3, -0.25) is 9.69 Å². The van der Waals surface area contributed by atoms with E-state index in [2.05, 4.69) is 34.7 Å². The van der Waals surface area contributed by atoms with Crippen LogP contribution in [0.3, 0.4) is 0 Å². The van der Waals surface area contributed by atoms with Gasteiger partial charge in [0.15, 0.2) is 0 Å². The SMILES string of the molecule is CC(C)N1CCn2c(nc3cc(C(=O)NC4CCCCC4)ccc32)C1. The number of amides is 1. The Bertz CT molecular complexity index is 773. The van der Waals surface area contributed by atoms with Gasteiger partial charge in [-0.25, -0.2) is 4.98 Å². The zero-order valence-corrected chi connectivity index (χ0v) is 15.3. The molecular formula is C20H28N4O. The fraction of sp³-hybridized carbons (Fsp3) is 0.600. The van der Waals surface area contributed by atoms with Crippen molar-refractivity contribution in [3.05, 3.63) is 29.6 Å². The standard InChI is InChI=1S/C20H28N4O/c1-14(2)23-10-11-24-18-9-8-15(12-17(18)22-19(24)13-23)20(25)21-16-6-4-3-5-7-16/h8-9,12,14,16H,3-7,10-11,13H2,1-2H3,(H,21,25). The number of aromatic nitrogens is 2. The highest BCUT2D eigenvalue weighted by Gasteiger charge is 2.22. The van der Waals surface area contributed by atoms with E-state index >= 15 is 0 Å². The molecule has 134 valence electrons. The van der Waals surface area contributed by atoms with Crippen LogP contribution in [-0.2, 0) is 13.1 Å². The number of hydrogen-bond acceptors (Lipinski definition) is 3. The van der Waals surface area contributed by atoms with Crippen molar-refractivity contribution < 1.29 is 4.79 Å². The van der Waals surface area contributed by atoms with Crippen LogP contribution in [0.4, 0.5) is 0 Å². The third-order valence-electron chi connectivity index (χ3n) is 5.72. The van der Waals surface area contributed by atoms with Gasteiger partial charge in [0.2, 0.25) is 0 Å². The summed E-state index contributed by atoms with van der Waals surface area (Å²) in [6.45, 7) is 7.37. The first-order chi connectivity index (χ1) is 12.1. The number of imidazole rings is 1. The van der Waals surface area contributed by atoms with Crippen molar-refractivity contribution in [3.8, 4) is 0 Å². The second-order valence-corrected chi connectivity index (χ2v) is 7.76. The molecule has 0 spiro atoms. The number of fused-ring (bicyclic) bond motifs is 3. The lowest BCUT2D eigenvalue weighted by atomic mass is 9.95. The first kappa shape index (κ1) is 16.6. The molecule has 25 heavy (non-hydrogen) atoms. The molecule has 2 aliphatic rings. The summed E-state index contributed by atoms with van der Waals surface area (Å²) in [6.07, 6.45) is 5.97. The highest BCUT2D eigenvalue weighted by molar-refractivity contribution is 5.97. The molecule has 2 heterocycles. The molecule has 0 radical (unpaired) electrons. The van der Waals surface area contributed by atoms with Gasteiger partial charge in [0.25, 0.3) is 5.91 Å². The molecule has 1 aliphatic carbocycles. The Hall–Kier alpha value is -1.88. The van der Waals surface area contributed by atoms with Gasteiger partial charge in [0.1, 0.15) is 5.82 Å². The molecule has 0 atom stereocenters. The zero-order valence-electron chi connectivity index (χ0n) is 15.3. The largest absolute Gasteiger partial charge is 0.349 e. The third-order valence-corrected chi connectivity index (χ3v) is 5.72. The molecule has 1 saturated carbocycles. The van der Waals surface area contributed by atoms with Gasteiger partial charge >= 0.3 is 0 Å². The monoisotopic (exact) mass is 340 g/mol. The predicted molar refractivity (Wildman–Crippen MR) is 99.6 cm³/mol. The van der Waals surface area contributed by atoms with Crippen LogP contribution in [-0.4, -0.2) is 39.0 Å². The molecule has 2 aromatic rings. The van der Waals surface area contributed by atoms with Crippen LogP contribution < -0.4 is 5.32 Å². The van der Waals surface area contributed by atoms with Crippen LogP contribution in [0, 0.1) is 0 Å². The van der Waals surface area contributed by atoms with E-state index in [4.69, 9.17) is 4.98 Å². The molecule has 1 amide bonds. The van der Waals surface area contributed by atoms with E-state index in [9.17, 15) is 4.79 Å². The number of nitrogens with one attached hydrogen (secondary N) is 1. The van der Waals surface area contributed by atoms with Crippen LogP contribution in [0.15, 0.2) is 18.2 Å². The molecule has 0 saturated heterocycles. The minimum Gasteiger partial charge on any atom is -0.349 e.